The van der Waals surface area contributed by atoms with Crippen LogP contribution in [-0.2, 0) is 36.0 Å². The first-order valence-corrected chi connectivity index (χ1v) is 15.7. The van der Waals surface area contributed by atoms with Crippen molar-refractivity contribution in [2.24, 2.45) is 4.99 Å². The Morgan fingerprint density at radius 1 is 0.949 bits per heavy atom. The van der Waals surface area contributed by atoms with Crippen molar-refractivity contribution < 1.29 is 26.4 Å². The average Bonchev–Trinajstić information content (AvgIpc) is 3.50. The fourth-order valence-electron chi connectivity index (χ4n) is 4.31. The molecule has 0 atom stereocenters. The highest BCUT2D eigenvalue weighted by molar-refractivity contribution is 7.89. The fraction of sp³-hybridized carbons (Fsp3) is 0.462. The first-order chi connectivity index (χ1) is 18.6. The smallest absolute Gasteiger partial charge is 0.243 e. The number of amidine groups is 1. The van der Waals surface area contributed by atoms with Crippen LogP contribution in [0.1, 0.15) is 17.5 Å². The lowest BCUT2D eigenvalue weighted by Crippen LogP contribution is -2.40. The molecule has 1 amide bonds. The van der Waals surface area contributed by atoms with Gasteiger partial charge in [0, 0.05) is 58.8 Å². The van der Waals surface area contributed by atoms with Crippen LogP contribution in [-0.4, -0.2) is 109 Å². The van der Waals surface area contributed by atoms with Crippen molar-refractivity contribution in [2.75, 3.05) is 66.6 Å². The third-order valence-electron chi connectivity index (χ3n) is 6.84. The molecular formula is C26H35N5O6S2. The third-order valence-corrected chi connectivity index (χ3v) is 10.6. The minimum atomic E-state index is -3.89. The topological polar surface area (TPSA) is 129 Å². The molecule has 0 saturated carbocycles. The summed E-state index contributed by atoms with van der Waals surface area (Å²) in [7, 11) is -4.50. The fourth-order valence-corrected chi connectivity index (χ4v) is 6.89. The van der Waals surface area contributed by atoms with Gasteiger partial charge in [-0.3, -0.25) is 9.79 Å². The summed E-state index contributed by atoms with van der Waals surface area (Å²) in [6.45, 7) is 3.31. The van der Waals surface area contributed by atoms with Crippen LogP contribution in [0.2, 0.25) is 0 Å². The third kappa shape index (κ3) is 7.03. The van der Waals surface area contributed by atoms with Crippen molar-refractivity contribution in [1.82, 2.24) is 18.8 Å². The molecule has 0 spiro atoms. The molecule has 0 aromatic heterocycles. The molecule has 1 N–H and O–H groups in total. The van der Waals surface area contributed by atoms with Gasteiger partial charge in [-0.1, -0.05) is 24.3 Å². The molecule has 1 saturated heterocycles. The molecule has 0 bridgehead atoms. The molecule has 11 nitrogen and oxygen atoms in total. The van der Waals surface area contributed by atoms with Crippen molar-refractivity contribution in [3.05, 3.63) is 59.7 Å². The van der Waals surface area contributed by atoms with Crippen LogP contribution in [0.3, 0.4) is 0 Å². The maximum atomic E-state index is 13.0. The van der Waals surface area contributed by atoms with Crippen LogP contribution in [0.25, 0.3) is 0 Å². The van der Waals surface area contributed by atoms with Crippen LogP contribution < -0.4 is 5.32 Å². The normalized spacial score (nSPS) is 16.6. The summed E-state index contributed by atoms with van der Waals surface area (Å²) in [5.41, 5.74) is 2.13. The summed E-state index contributed by atoms with van der Waals surface area (Å²) in [5.74, 6) is 0.743. The van der Waals surface area contributed by atoms with Crippen molar-refractivity contribution in [3.8, 4) is 0 Å². The summed E-state index contributed by atoms with van der Waals surface area (Å²) in [6.07, 6.45) is 0.705. The summed E-state index contributed by atoms with van der Waals surface area (Å²) in [5, 5.41) is 3.24. The van der Waals surface area contributed by atoms with E-state index < -0.39 is 20.0 Å². The summed E-state index contributed by atoms with van der Waals surface area (Å²) in [6, 6.07) is 13.2. The van der Waals surface area contributed by atoms with E-state index in [1.165, 1.54) is 35.6 Å². The maximum Gasteiger partial charge on any atom is 0.243 e. The van der Waals surface area contributed by atoms with Gasteiger partial charge in [-0.15, -0.1) is 0 Å². The zero-order valence-corrected chi connectivity index (χ0v) is 23.9. The number of rotatable bonds is 11. The molecule has 13 heteroatoms. The van der Waals surface area contributed by atoms with E-state index in [0.717, 1.165) is 34.4 Å². The predicted octanol–water partition coefficient (Wildman–Crippen LogP) is 0.769. The number of nitrogens with one attached hydrogen (secondary N) is 1. The number of carbonyl (C=O) groups excluding carboxylic acids is 1. The quantitative estimate of drug-likeness (QED) is 0.418. The second kappa shape index (κ2) is 12.6. The Balaban J connectivity index is 1.27. The summed E-state index contributed by atoms with van der Waals surface area (Å²) < 4.78 is 59.3. The number of ether oxygens (including phenoxy) is 1. The second-order valence-electron chi connectivity index (χ2n) is 9.48. The van der Waals surface area contributed by atoms with Gasteiger partial charge < -0.3 is 15.0 Å². The molecule has 2 aliphatic rings. The monoisotopic (exact) mass is 577 g/mol. The van der Waals surface area contributed by atoms with E-state index in [9.17, 15) is 21.6 Å². The van der Waals surface area contributed by atoms with Crippen molar-refractivity contribution in [1.29, 1.82) is 0 Å². The van der Waals surface area contributed by atoms with E-state index in [1.807, 2.05) is 24.3 Å². The summed E-state index contributed by atoms with van der Waals surface area (Å²) in [4.78, 5) is 18.7. The van der Waals surface area contributed by atoms with E-state index in [1.54, 1.807) is 11.9 Å². The number of hydrogen-bond donors (Lipinski definition) is 1. The molecule has 2 aliphatic heterocycles. The van der Waals surface area contributed by atoms with Crippen LogP contribution in [0.15, 0.2) is 63.3 Å². The summed E-state index contributed by atoms with van der Waals surface area (Å²) >= 11 is 0. The highest BCUT2D eigenvalue weighted by Crippen LogP contribution is 2.21. The molecule has 39 heavy (non-hydrogen) atoms. The lowest BCUT2D eigenvalue weighted by atomic mass is 10.1. The van der Waals surface area contributed by atoms with Crippen molar-refractivity contribution in [2.45, 2.75) is 22.6 Å². The highest BCUT2D eigenvalue weighted by atomic mass is 32.2. The van der Waals surface area contributed by atoms with Crippen molar-refractivity contribution >= 4 is 31.8 Å². The number of carbonyl (C=O) groups is 1. The Bertz CT molecular complexity index is 1390. The molecule has 0 radical (unpaired) electrons. The van der Waals surface area contributed by atoms with E-state index in [4.69, 9.17) is 4.74 Å². The first-order valence-electron chi connectivity index (χ1n) is 12.8. The standard InChI is InChI=1S/C26H35N5O6S2/c1-29(15-11-21-3-5-22(6-4-21)26-27-13-14-28-26)25(32)12-16-30(2)38(33,34)23-7-9-24(10-8-23)39(35,36)31-17-19-37-20-18-31/h3-10H,11-20H2,1-2H3,(H,27,28). The van der Waals surface area contributed by atoms with Gasteiger partial charge in [-0.2, -0.15) is 4.31 Å². The van der Waals surface area contributed by atoms with Gasteiger partial charge in [-0.25, -0.2) is 21.1 Å². The SMILES string of the molecule is CN(CCc1ccc(C2=NCCN2)cc1)C(=O)CCN(C)S(=O)(=O)c1ccc(S(=O)(=O)N2CCOCC2)cc1. The molecule has 4 rings (SSSR count). The minimum Gasteiger partial charge on any atom is -0.379 e. The number of likely N-dealkylation sites (N-methyl/N-ethyl adjacent to an activating group) is 1. The van der Waals surface area contributed by atoms with Gasteiger partial charge in [0.05, 0.1) is 29.5 Å². The Kier molecular flexibility index (Phi) is 9.39. The van der Waals surface area contributed by atoms with Gasteiger partial charge in [0.25, 0.3) is 0 Å². The van der Waals surface area contributed by atoms with Gasteiger partial charge in [0.15, 0.2) is 0 Å². The first kappa shape index (κ1) is 29.2. The lowest BCUT2D eigenvalue weighted by molar-refractivity contribution is -0.129. The number of amides is 1. The van der Waals surface area contributed by atoms with Gasteiger partial charge >= 0.3 is 0 Å². The predicted molar refractivity (Wildman–Crippen MR) is 148 cm³/mol. The molecule has 1 fully saturated rings. The Morgan fingerprint density at radius 3 is 2.21 bits per heavy atom. The molecule has 0 unspecified atom stereocenters. The van der Waals surface area contributed by atoms with Gasteiger partial charge in [0.1, 0.15) is 5.84 Å². The average molecular weight is 578 g/mol. The zero-order valence-electron chi connectivity index (χ0n) is 22.2. The van der Waals surface area contributed by atoms with E-state index in [-0.39, 0.29) is 41.8 Å². The van der Waals surface area contributed by atoms with E-state index in [0.29, 0.717) is 26.2 Å². The van der Waals surface area contributed by atoms with Crippen molar-refractivity contribution in [3.63, 3.8) is 0 Å². The van der Waals surface area contributed by atoms with Gasteiger partial charge in [-0.05, 0) is 36.2 Å². The molecule has 2 heterocycles. The lowest BCUT2D eigenvalue weighted by Gasteiger charge is -2.26. The second-order valence-corrected chi connectivity index (χ2v) is 13.5. The molecule has 0 aliphatic carbocycles. The minimum absolute atomic E-state index is 0.00312. The number of morpholine rings is 1. The zero-order chi connectivity index (χ0) is 28.0. The Morgan fingerprint density at radius 2 is 1.59 bits per heavy atom. The molecule has 2 aromatic carbocycles. The van der Waals surface area contributed by atoms with Crippen LogP contribution in [0.4, 0.5) is 0 Å². The van der Waals surface area contributed by atoms with E-state index >= 15 is 0 Å². The van der Waals surface area contributed by atoms with Crippen LogP contribution in [0.5, 0.6) is 0 Å². The number of hydrogen-bond acceptors (Lipinski definition) is 8. The van der Waals surface area contributed by atoms with Crippen LogP contribution in [0, 0.1) is 0 Å². The molecule has 2 aromatic rings. The van der Waals surface area contributed by atoms with E-state index in [2.05, 4.69) is 10.3 Å². The van der Waals surface area contributed by atoms with Crippen LogP contribution >= 0.6 is 0 Å². The number of sulfonamides is 2. The highest BCUT2D eigenvalue weighted by Gasteiger charge is 2.28. The Labute approximate surface area is 230 Å². The Hall–Kier alpha value is -2.84. The maximum absolute atomic E-state index is 13.0. The number of aliphatic imine (C=N–C) groups is 1. The van der Waals surface area contributed by atoms with Gasteiger partial charge in [0.2, 0.25) is 26.0 Å². The number of nitrogens with zero attached hydrogens (tertiary/aromatic N) is 4. The molecule has 212 valence electrons. The largest absolute Gasteiger partial charge is 0.379 e. The molecular weight excluding hydrogens is 542 g/mol. The number of benzene rings is 2.